The van der Waals surface area contributed by atoms with E-state index in [1.54, 1.807) is 12.3 Å². The summed E-state index contributed by atoms with van der Waals surface area (Å²) in [6, 6.07) is 20.3. The molecule has 4 heteroatoms. The van der Waals surface area contributed by atoms with Crippen LogP contribution in [-0.4, -0.2) is 10.1 Å². The van der Waals surface area contributed by atoms with E-state index in [-0.39, 0.29) is 5.92 Å². The molecule has 0 spiro atoms. The smallest absolute Gasteiger partial charge is 0.175 e. The highest BCUT2D eigenvalue weighted by Gasteiger charge is 2.69. The Labute approximate surface area is 163 Å². The predicted octanol–water partition coefficient (Wildman–Crippen LogP) is 5.10. The average Bonchev–Trinajstić information content (AvgIpc) is 3.10. The van der Waals surface area contributed by atoms with E-state index in [0.29, 0.717) is 22.9 Å². The average molecular weight is 378 g/mol. The molecule has 1 N–H and O–H groups in total. The molecule has 1 saturated carbocycles. The van der Waals surface area contributed by atoms with Crippen LogP contribution in [0.3, 0.4) is 0 Å². The van der Waals surface area contributed by atoms with Gasteiger partial charge < -0.3 is 9.84 Å². The Balaban J connectivity index is 1.77. The van der Waals surface area contributed by atoms with Gasteiger partial charge in [0, 0.05) is 18.2 Å². The molecule has 0 saturated heterocycles. The van der Waals surface area contributed by atoms with Crippen molar-refractivity contribution in [2.24, 2.45) is 0 Å². The van der Waals surface area contributed by atoms with Gasteiger partial charge in [-0.1, -0.05) is 71.8 Å². The molecule has 3 aromatic rings. The first-order valence-corrected chi connectivity index (χ1v) is 9.62. The Morgan fingerprint density at radius 1 is 1.11 bits per heavy atom. The number of fused-ring (bicyclic) bond motifs is 3. The van der Waals surface area contributed by atoms with Crippen molar-refractivity contribution in [1.82, 2.24) is 4.98 Å². The quantitative estimate of drug-likeness (QED) is 0.675. The summed E-state index contributed by atoms with van der Waals surface area (Å²) in [6.07, 6.45) is 2.99. The second-order valence-electron chi connectivity index (χ2n) is 7.57. The number of pyridine rings is 1. The van der Waals surface area contributed by atoms with Crippen molar-refractivity contribution < 1.29 is 9.84 Å². The lowest BCUT2D eigenvalue weighted by molar-refractivity contribution is -0.107. The summed E-state index contributed by atoms with van der Waals surface area (Å²) in [5.74, 6) is 0.589. The van der Waals surface area contributed by atoms with E-state index in [9.17, 15) is 5.11 Å². The van der Waals surface area contributed by atoms with Crippen LogP contribution in [0, 0.1) is 6.92 Å². The minimum absolute atomic E-state index is 0.0133. The third-order valence-electron chi connectivity index (χ3n) is 6.06. The molecule has 27 heavy (non-hydrogen) atoms. The van der Waals surface area contributed by atoms with Gasteiger partial charge in [-0.2, -0.15) is 0 Å². The van der Waals surface area contributed by atoms with Gasteiger partial charge in [0.25, 0.3) is 0 Å². The van der Waals surface area contributed by atoms with Gasteiger partial charge in [-0.15, -0.1) is 0 Å². The van der Waals surface area contributed by atoms with E-state index >= 15 is 0 Å². The van der Waals surface area contributed by atoms with E-state index < -0.39 is 11.2 Å². The molecule has 1 aliphatic carbocycles. The number of benzene rings is 2. The molecule has 0 radical (unpaired) electrons. The number of ether oxygens (including phenoxy) is 1. The van der Waals surface area contributed by atoms with Crippen LogP contribution < -0.4 is 4.74 Å². The summed E-state index contributed by atoms with van der Waals surface area (Å²) < 4.78 is 6.60. The van der Waals surface area contributed by atoms with Crippen molar-refractivity contribution >= 4 is 11.6 Å². The van der Waals surface area contributed by atoms with E-state index in [4.69, 9.17) is 16.3 Å². The lowest BCUT2D eigenvalue weighted by Gasteiger charge is -2.39. The maximum Gasteiger partial charge on any atom is 0.175 e. The normalized spacial score (nSPS) is 28.5. The molecule has 3 atom stereocenters. The fraction of sp³-hybridized carbons (Fsp3) is 0.261. The van der Waals surface area contributed by atoms with Crippen LogP contribution in [0.1, 0.15) is 41.1 Å². The number of hydrogen-bond donors (Lipinski definition) is 1. The van der Waals surface area contributed by atoms with Crippen molar-refractivity contribution in [3.63, 3.8) is 0 Å². The van der Waals surface area contributed by atoms with Crippen LogP contribution in [0.15, 0.2) is 66.9 Å². The van der Waals surface area contributed by atoms with E-state index in [1.807, 2.05) is 18.2 Å². The molecule has 1 aliphatic heterocycles. The first-order chi connectivity index (χ1) is 13.0. The minimum atomic E-state index is -1.19. The number of hydrogen-bond acceptors (Lipinski definition) is 3. The Bertz CT molecular complexity index is 1000. The first-order valence-electron chi connectivity index (χ1n) is 9.24. The van der Waals surface area contributed by atoms with Gasteiger partial charge in [0.15, 0.2) is 11.2 Å². The zero-order valence-electron chi connectivity index (χ0n) is 15.0. The van der Waals surface area contributed by atoms with Crippen LogP contribution in [0.2, 0.25) is 5.02 Å². The van der Waals surface area contributed by atoms with Crippen molar-refractivity contribution in [2.75, 3.05) is 0 Å². The SMILES string of the molecule is Cc1ccc(C23Oc4cc(Cl)cnc4C2(O)CC[C@H]3c2ccccc2)cc1. The molecule has 1 aromatic heterocycles. The summed E-state index contributed by atoms with van der Waals surface area (Å²) in [5.41, 5.74) is 1.78. The van der Waals surface area contributed by atoms with Gasteiger partial charge in [-0.3, -0.25) is 4.98 Å². The molecular weight excluding hydrogens is 358 g/mol. The van der Waals surface area contributed by atoms with Crippen molar-refractivity contribution in [3.05, 3.63) is 94.3 Å². The molecule has 3 nitrogen and oxygen atoms in total. The van der Waals surface area contributed by atoms with Gasteiger partial charge in [0.1, 0.15) is 11.4 Å². The maximum absolute atomic E-state index is 11.9. The summed E-state index contributed by atoms with van der Waals surface area (Å²) in [7, 11) is 0. The molecule has 1 fully saturated rings. The molecule has 5 rings (SSSR count). The predicted molar refractivity (Wildman–Crippen MR) is 105 cm³/mol. The third kappa shape index (κ3) is 2.22. The summed E-state index contributed by atoms with van der Waals surface area (Å²) >= 11 is 6.17. The number of rotatable bonds is 2. The topological polar surface area (TPSA) is 42.4 Å². The second kappa shape index (κ2) is 5.82. The van der Waals surface area contributed by atoms with Crippen LogP contribution in [0.25, 0.3) is 0 Å². The zero-order valence-corrected chi connectivity index (χ0v) is 15.8. The van der Waals surface area contributed by atoms with Gasteiger partial charge in [-0.25, -0.2) is 0 Å². The van der Waals surface area contributed by atoms with Crippen molar-refractivity contribution in [2.45, 2.75) is 36.9 Å². The van der Waals surface area contributed by atoms with Gasteiger partial charge in [-0.05, 0) is 30.9 Å². The first kappa shape index (κ1) is 16.8. The monoisotopic (exact) mass is 377 g/mol. The number of aryl methyl sites for hydroxylation is 1. The Hall–Kier alpha value is -2.36. The highest BCUT2D eigenvalue weighted by Crippen LogP contribution is 2.66. The van der Waals surface area contributed by atoms with Crippen LogP contribution >= 0.6 is 11.6 Å². The summed E-state index contributed by atoms with van der Waals surface area (Å²) in [4.78, 5) is 4.48. The van der Waals surface area contributed by atoms with Gasteiger partial charge in [0.05, 0.1) is 5.02 Å². The highest BCUT2D eigenvalue weighted by molar-refractivity contribution is 6.30. The summed E-state index contributed by atoms with van der Waals surface area (Å²) in [5, 5.41) is 12.5. The summed E-state index contributed by atoms with van der Waals surface area (Å²) in [6.45, 7) is 2.06. The molecule has 0 amide bonds. The minimum Gasteiger partial charge on any atom is -0.476 e. The molecule has 136 valence electrons. The standard InChI is InChI=1S/C23H20ClNO2/c1-15-7-9-17(10-8-15)23-19(16-5-3-2-4-6-16)11-12-22(23,26)21-20(27-23)13-18(24)14-25-21/h2-10,13-14,19,26H,11-12H2,1H3/t19-,22?,23?/m0/s1. The molecule has 2 heterocycles. The van der Waals surface area contributed by atoms with Crippen molar-refractivity contribution in [1.29, 1.82) is 0 Å². The lowest BCUT2D eigenvalue weighted by Crippen LogP contribution is -2.48. The largest absolute Gasteiger partial charge is 0.476 e. The fourth-order valence-corrected chi connectivity index (χ4v) is 5.00. The van der Waals surface area contributed by atoms with Crippen LogP contribution in [0.4, 0.5) is 0 Å². The van der Waals surface area contributed by atoms with E-state index in [1.165, 1.54) is 5.56 Å². The number of aromatic nitrogens is 1. The lowest BCUT2D eigenvalue weighted by atomic mass is 9.72. The number of aliphatic hydroxyl groups is 1. The third-order valence-corrected chi connectivity index (χ3v) is 6.27. The maximum atomic E-state index is 11.9. The van der Waals surface area contributed by atoms with Crippen LogP contribution in [-0.2, 0) is 11.2 Å². The van der Waals surface area contributed by atoms with Gasteiger partial charge in [0.2, 0.25) is 0 Å². The van der Waals surface area contributed by atoms with E-state index in [2.05, 4.69) is 48.3 Å². The number of nitrogens with zero attached hydrogens (tertiary/aromatic N) is 1. The molecule has 2 aliphatic rings. The number of halogens is 1. The van der Waals surface area contributed by atoms with Crippen molar-refractivity contribution in [3.8, 4) is 5.75 Å². The van der Waals surface area contributed by atoms with Gasteiger partial charge >= 0.3 is 0 Å². The van der Waals surface area contributed by atoms with Crippen LogP contribution in [0.5, 0.6) is 5.75 Å². The second-order valence-corrected chi connectivity index (χ2v) is 8.00. The fourth-order valence-electron chi connectivity index (χ4n) is 4.85. The molecular formula is C23H20ClNO2. The highest BCUT2D eigenvalue weighted by atomic mass is 35.5. The molecule has 2 unspecified atom stereocenters. The Kier molecular flexibility index (Phi) is 3.62. The molecule has 2 aromatic carbocycles. The Morgan fingerprint density at radius 2 is 1.85 bits per heavy atom. The Morgan fingerprint density at radius 3 is 2.59 bits per heavy atom. The van der Waals surface area contributed by atoms with E-state index in [0.717, 1.165) is 17.5 Å². The zero-order chi connectivity index (χ0) is 18.6. The molecule has 0 bridgehead atoms.